The van der Waals surface area contributed by atoms with Gasteiger partial charge in [0.05, 0.1) is 9.90 Å². The zero-order valence-electron chi connectivity index (χ0n) is 18.8. The van der Waals surface area contributed by atoms with Crippen molar-refractivity contribution in [3.05, 3.63) is 81.7 Å². The molecule has 1 fully saturated rings. The molecule has 6 nitrogen and oxygen atoms in total. The molecule has 12 heteroatoms. The number of ether oxygens (including phenoxy) is 1. The second-order valence-electron chi connectivity index (χ2n) is 8.18. The quantitative estimate of drug-likeness (QED) is 0.398. The number of benzene rings is 2. The number of hydrogen-bond donors (Lipinski definition) is 1. The number of sulfonamides is 1. The minimum absolute atomic E-state index is 0.0542. The molecule has 4 rings (SSSR count). The van der Waals surface area contributed by atoms with E-state index in [4.69, 9.17) is 16.3 Å². The van der Waals surface area contributed by atoms with Gasteiger partial charge in [0.25, 0.3) is 10.0 Å². The molecule has 1 amide bonds. The summed E-state index contributed by atoms with van der Waals surface area (Å²) in [6.45, 7) is 0.324. The lowest BCUT2D eigenvalue weighted by Gasteiger charge is -2.22. The highest BCUT2D eigenvalue weighted by molar-refractivity contribution is 7.91. The van der Waals surface area contributed by atoms with Crippen molar-refractivity contribution >= 4 is 38.9 Å². The van der Waals surface area contributed by atoms with Gasteiger partial charge < -0.3 is 10.1 Å². The molecule has 0 radical (unpaired) electrons. The molecule has 3 aromatic rings. The van der Waals surface area contributed by atoms with Gasteiger partial charge in [-0.05, 0) is 60.4 Å². The van der Waals surface area contributed by atoms with Crippen LogP contribution in [0.3, 0.4) is 0 Å². The molecule has 36 heavy (non-hydrogen) atoms. The summed E-state index contributed by atoms with van der Waals surface area (Å²) in [4.78, 5) is 12.9. The zero-order chi connectivity index (χ0) is 25.9. The van der Waals surface area contributed by atoms with E-state index >= 15 is 0 Å². The first-order valence-electron chi connectivity index (χ1n) is 11.0. The number of rotatable bonds is 8. The molecule has 1 atom stereocenters. The summed E-state index contributed by atoms with van der Waals surface area (Å²) in [5.74, 6) is 0.0211. The Morgan fingerprint density at radius 1 is 1.11 bits per heavy atom. The molecule has 0 saturated carbocycles. The van der Waals surface area contributed by atoms with E-state index in [-0.39, 0.29) is 23.9 Å². The lowest BCUT2D eigenvalue weighted by Crippen LogP contribution is -2.45. The van der Waals surface area contributed by atoms with Gasteiger partial charge in [0.1, 0.15) is 22.6 Å². The van der Waals surface area contributed by atoms with E-state index in [9.17, 15) is 26.4 Å². The normalized spacial score (nSPS) is 16.7. The first-order valence-corrected chi connectivity index (χ1v) is 13.6. The first kappa shape index (κ1) is 26.5. The smallest absolute Gasteiger partial charge is 0.416 e. The van der Waals surface area contributed by atoms with Gasteiger partial charge in [-0.25, -0.2) is 8.42 Å². The van der Waals surface area contributed by atoms with Gasteiger partial charge in [-0.15, -0.1) is 11.3 Å². The second-order valence-corrected chi connectivity index (χ2v) is 12.0. The Balaban J connectivity index is 1.36. The maximum absolute atomic E-state index is 13.0. The Morgan fingerprint density at radius 3 is 2.58 bits per heavy atom. The minimum atomic E-state index is -4.43. The van der Waals surface area contributed by atoms with Crippen LogP contribution in [0.5, 0.6) is 5.75 Å². The van der Waals surface area contributed by atoms with Gasteiger partial charge in [-0.1, -0.05) is 35.9 Å². The number of hydrogen-bond acceptors (Lipinski definition) is 5. The highest BCUT2D eigenvalue weighted by Gasteiger charge is 2.40. The summed E-state index contributed by atoms with van der Waals surface area (Å²) in [6, 6.07) is 13.8. The summed E-state index contributed by atoms with van der Waals surface area (Å²) in [5.41, 5.74) is 0.325. The van der Waals surface area contributed by atoms with E-state index in [1.807, 2.05) is 0 Å². The molecule has 0 aliphatic carbocycles. The molecule has 2 heterocycles. The molecule has 2 aromatic carbocycles. The zero-order valence-corrected chi connectivity index (χ0v) is 21.2. The van der Waals surface area contributed by atoms with Crippen LogP contribution in [0.25, 0.3) is 0 Å². The van der Waals surface area contributed by atoms with E-state index in [1.54, 1.807) is 30.3 Å². The standard InChI is InChI=1S/C24H22ClF3N2O4S2/c25-21-9-10-22(35-21)36(32,33)30-11-3-8-20(30)23(31)29-14-16-4-2-7-19(13-16)34-15-17-5-1-6-18(12-17)24(26,27)28/h1-2,4-7,9-10,12-13,20H,3,8,11,14-15H2,(H,29,31)/t20-/m0/s1. The van der Waals surface area contributed by atoms with E-state index in [0.717, 1.165) is 23.5 Å². The van der Waals surface area contributed by atoms with Crippen molar-refractivity contribution in [2.45, 2.75) is 42.4 Å². The fourth-order valence-corrected chi connectivity index (χ4v) is 7.17. The van der Waals surface area contributed by atoms with E-state index in [0.29, 0.717) is 34.1 Å². The van der Waals surface area contributed by atoms with Gasteiger partial charge in [-0.3, -0.25) is 4.79 Å². The van der Waals surface area contributed by atoms with Crippen molar-refractivity contribution in [3.8, 4) is 5.75 Å². The van der Waals surface area contributed by atoms with E-state index in [1.165, 1.54) is 22.5 Å². The third kappa shape index (κ3) is 6.20. The van der Waals surface area contributed by atoms with Gasteiger partial charge in [0.2, 0.25) is 5.91 Å². The van der Waals surface area contributed by atoms with Gasteiger partial charge >= 0.3 is 6.18 Å². The Hall–Kier alpha value is -2.60. The second kappa shape index (κ2) is 10.8. The lowest BCUT2D eigenvalue weighted by molar-refractivity contribution is -0.137. The maximum atomic E-state index is 13.0. The first-order chi connectivity index (χ1) is 17.0. The number of carbonyl (C=O) groups is 1. The lowest BCUT2D eigenvalue weighted by atomic mass is 10.1. The van der Waals surface area contributed by atoms with Gasteiger partial charge in [0, 0.05) is 13.1 Å². The summed E-state index contributed by atoms with van der Waals surface area (Å²) in [7, 11) is -3.83. The Morgan fingerprint density at radius 2 is 1.86 bits per heavy atom. The van der Waals surface area contributed by atoms with Crippen LogP contribution >= 0.6 is 22.9 Å². The van der Waals surface area contributed by atoms with E-state index in [2.05, 4.69) is 5.32 Å². The molecule has 1 aliphatic rings. The van der Waals surface area contributed by atoms with Crippen LogP contribution in [0, 0.1) is 0 Å². The summed E-state index contributed by atoms with van der Waals surface area (Å²) in [5, 5.41) is 2.78. The van der Waals surface area contributed by atoms with Crippen LogP contribution in [0.1, 0.15) is 29.5 Å². The summed E-state index contributed by atoms with van der Waals surface area (Å²) < 4.78 is 71.9. The van der Waals surface area contributed by atoms with Crippen molar-refractivity contribution < 1.29 is 31.1 Å². The average Bonchev–Trinajstić information content (AvgIpc) is 3.51. The third-order valence-corrected chi connectivity index (χ3v) is 9.25. The largest absolute Gasteiger partial charge is 0.489 e. The van der Waals surface area contributed by atoms with Crippen molar-refractivity contribution in [2.24, 2.45) is 0 Å². The highest BCUT2D eigenvalue weighted by Crippen LogP contribution is 2.32. The summed E-state index contributed by atoms with van der Waals surface area (Å²) in [6.07, 6.45) is -3.46. The fraction of sp³-hybridized carbons (Fsp3) is 0.292. The summed E-state index contributed by atoms with van der Waals surface area (Å²) >= 11 is 6.83. The molecule has 0 spiro atoms. The number of halogens is 4. The predicted octanol–water partition coefficient (Wildman–Crippen LogP) is 5.47. The number of nitrogens with one attached hydrogen (secondary N) is 1. The number of nitrogens with zero attached hydrogens (tertiary/aromatic N) is 1. The molecule has 192 valence electrons. The molecular formula is C24H22ClF3N2O4S2. The van der Waals surface area contributed by atoms with Crippen molar-refractivity contribution in [1.82, 2.24) is 9.62 Å². The molecule has 1 aliphatic heterocycles. The topological polar surface area (TPSA) is 75.7 Å². The Bertz CT molecular complexity index is 1340. The predicted molar refractivity (Wildman–Crippen MR) is 130 cm³/mol. The maximum Gasteiger partial charge on any atom is 0.416 e. The van der Waals surface area contributed by atoms with Crippen molar-refractivity contribution in [2.75, 3.05) is 6.54 Å². The Labute approximate surface area is 215 Å². The van der Waals surface area contributed by atoms with Gasteiger partial charge in [0.15, 0.2) is 0 Å². The SMILES string of the molecule is O=C(NCc1cccc(OCc2cccc(C(F)(F)F)c2)c1)[C@@H]1CCCN1S(=O)(=O)c1ccc(Cl)s1. The fourth-order valence-electron chi connectivity index (χ4n) is 3.90. The van der Waals surface area contributed by atoms with Gasteiger partial charge in [-0.2, -0.15) is 17.5 Å². The Kier molecular flexibility index (Phi) is 7.93. The van der Waals surface area contributed by atoms with Crippen LogP contribution < -0.4 is 10.1 Å². The van der Waals surface area contributed by atoms with Crippen LogP contribution in [0.2, 0.25) is 4.34 Å². The van der Waals surface area contributed by atoms with Crippen LogP contribution in [-0.4, -0.2) is 31.2 Å². The van der Waals surface area contributed by atoms with Crippen molar-refractivity contribution in [1.29, 1.82) is 0 Å². The molecule has 0 bridgehead atoms. The number of carbonyl (C=O) groups excluding carboxylic acids is 1. The number of thiophene rings is 1. The molecule has 1 aromatic heterocycles. The molecular weight excluding hydrogens is 537 g/mol. The monoisotopic (exact) mass is 558 g/mol. The third-order valence-electron chi connectivity index (χ3n) is 5.64. The van der Waals surface area contributed by atoms with Crippen molar-refractivity contribution in [3.63, 3.8) is 0 Å². The average molecular weight is 559 g/mol. The molecule has 1 saturated heterocycles. The molecule has 0 unspecified atom stereocenters. The van der Waals surface area contributed by atoms with Crippen LogP contribution in [0.15, 0.2) is 64.9 Å². The van der Waals surface area contributed by atoms with Crippen LogP contribution in [-0.2, 0) is 34.1 Å². The minimum Gasteiger partial charge on any atom is -0.489 e. The highest BCUT2D eigenvalue weighted by atomic mass is 35.5. The van der Waals surface area contributed by atoms with E-state index < -0.39 is 33.7 Å². The molecule has 1 N–H and O–H groups in total. The number of alkyl halides is 3. The van der Waals surface area contributed by atoms with Crippen LogP contribution in [0.4, 0.5) is 13.2 Å². The number of amides is 1.